The van der Waals surface area contributed by atoms with Crippen molar-refractivity contribution in [1.29, 1.82) is 0 Å². The average Bonchev–Trinajstić information content (AvgIpc) is 3.20. The number of rotatable bonds is 5. The lowest BCUT2D eigenvalue weighted by atomic mass is 9.90. The molecule has 1 aromatic rings. The number of sulfonamides is 1. The van der Waals surface area contributed by atoms with Crippen molar-refractivity contribution in [2.45, 2.75) is 44.2 Å². The van der Waals surface area contributed by atoms with E-state index in [2.05, 4.69) is 10.2 Å². The largest absolute Gasteiger partial charge is 0.352 e. The summed E-state index contributed by atoms with van der Waals surface area (Å²) in [5, 5.41) is 3.20. The number of hydrogen-bond acceptors (Lipinski definition) is 4. The van der Waals surface area contributed by atoms with Crippen LogP contribution in [0.2, 0.25) is 0 Å². The lowest BCUT2D eigenvalue weighted by Gasteiger charge is -2.28. The van der Waals surface area contributed by atoms with Gasteiger partial charge < -0.3 is 5.32 Å². The highest BCUT2D eigenvalue weighted by molar-refractivity contribution is 7.88. The van der Waals surface area contributed by atoms with Gasteiger partial charge >= 0.3 is 0 Å². The van der Waals surface area contributed by atoms with Gasteiger partial charge in [-0.15, -0.1) is 0 Å². The van der Waals surface area contributed by atoms with Crippen LogP contribution >= 0.6 is 0 Å². The van der Waals surface area contributed by atoms with E-state index in [0.29, 0.717) is 19.1 Å². The molecule has 6 nitrogen and oxygen atoms in total. The summed E-state index contributed by atoms with van der Waals surface area (Å²) in [6, 6.07) is 10.1. The van der Waals surface area contributed by atoms with E-state index in [0.717, 1.165) is 31.5 Å². The smallest absolute Gasteiger partial charge is 0.234 e. The predicted octanol–water partition coefficient (Wildman–Crippen LogP) is 2.00. The molecular formula is C21H31N3O3S. The second kappa shape index (κ2) is 8.13. The van der Waals surface area contributed by atoms with E-state index in [4.69, 9.17) is 0 Å². The molecule has 1 aliphatic carbocycles. The second-order valence-electron chi connectivity index (χ2n) is 8.71. The van der Waals surface area contributed by atoms with Crippen molar-refractivity contribution in [2.75, 3.05) is 32.4 Å². The Kier molecular flexibility index (Phi) is 5.76. The van der Waals surface area contributed by atoms with E-state index >= 15 is 0 Å². The first kappa shape index (κ1) is 19.9. The van der Waals surface area contributed by atoms with Gasteiger partial charge in [0.1, 0.15) is 0 Å². The van der Waals surface area contributed by atoms with Crippen molar-refractivity contribution < 1.29 is 13.2 Å². The van der Waals surface area contributed by atoms with Crippen molar-refractivity contribution in [3.8, 4) is 0 Å². The van der Waals surface area contributed by atoms with Gasteiger partial charge in [-0.1, -0.05) is 49.6 Å². The fourth-order valence-electron chi connectivity index (χ4n) is 5.36. The zero-order chi connectivity index (χ0) is 19.7. The average molecular weight is 406 g/mol. The van der Waals surface area contributed by atoms with Gasteiger partial charge in [0, 0.05) is 25.7 Å². The SMILES string of the molecule is CS(=O)(=O)N1C[C@H]2CN(CC(=O)NC3CCCCC3)C[C@H]2[C@@H]1c1ccccc1. The molecule has 0 spiro atoms. The van der Waals surface area contributed by atoms with E-state index in [9.17, 15) is 13.2 Å². The third-order valence-corrected chi connectivity index (χ3v) is 7.83. The van der Waals surface area contributed by atoms with E-state index in [1.165, 1.54) is 25.5 Å². The van der Waals surface area contributed by atoms with E-state index < -0.39 is 10.0 Å². The lowest BCUT2D eigenvalue weighted by molar-refractivity contribution is -0.123. The van der Waals surface area contributed by atoms with Crippen LogP contribution in [0.15, 0.2) is 30.3 Å². The molecule has 3 fully saturated rings. The van der Waals surface area contributed by atoms with Crippen LogP contribution in [0.1, 0.15) is 43.7 Å². The predicted molar refractivity (Wildman–Crippen MR) is 109 cm³/mol. The zero-order valence-electron chi connectivity index (χ0n) is 16.6. The van der Waals surface area contributed by atoms with Gasteiger partial charge in [-0.05, 0) is 30.2 Å². The Labute approximate surface area is 168 Å². The van der Waals surface area contributed by atoms with E-state index in [-0.39, 0.29) is 23.8 Å². The van der Waals surface area contributed by atoms with Crippen LogP contribution < -0.4 is 5.32 Å². The maximum atomic E-state index is 12.5. The first-order chi connectivity index (χ1) is 13.4. The highest BCUT2D eigenvalue weighted by Gasteiger charge is 2.50. The van der Waals surface area contributed by atoms with Gasteiger partial charge in [0.05, 0.1) is 18.8 Å². The number of nitrogens with one attached hydrogen (secondary N) is 1. The van der Waals surface area contributed by atoms with Crippen molar-refractivity contribution in [2.24, 2.45) is 11.8 Å². The first-order valence-corrected chi connectivity index (χ1v) is 12.3. The number of hydrogen-bond donors (Lipinski definition) is 1. The van der Waals surface area contributed by atoms with Crippen molar-refractivity contribution in [3.63, 3.8) is 0 Å². The van der Waals surface area contributed by atoms with Gasteiger partial charge in [-0.25, -0.2) is 8.42 Å². The van der Waals surface area contributed by atoms with E-state index in [1.807, 2.05) is 30.3 Å². The molecule has 2 heterocycles. The third kappa shape index (κ3) is 4.26. The fourth-order valence-corrected chi connectivity index (χ4v) is 6.51. The second-order valence-corrected chi connectivity index (χ2v) is 10.6. The Balaban J connectivity index is 1.42. The highest BCUT2D eigenvalue weighted by Crippen LogP contribution is 2.45. The van der Waals surface area contributed by atoms with Crippen LogP contribution in [0.5, 0.6) is 0 Å². The molecule has 154 valence electrons. The summed E-state index contributed by atoms with van der Waals surface area (Å²) in [6.45, 7) is 2.53. The number of fused-ring (bicyclic) bond motifs is 1. The molecule has 0 aromatic heterocycles. The molecule has 28 heavy (non-hydrogen) atoms. The quantitative estimate of drug-likeness (QED) is 0.814. The fraction of sp³-hybridized carbons (Fsp3) is 0.667. The lowest BCUT2D eigenvalue weighted by Crippen LogP contribution is -2.43. The summed E-state index contributed by atoms with van der Waals surface area (Å²) in [5.74, 6) is 0.630. The standard InChI is InChI=1S/C21H31N3O3S/c1-28(26,27)24-13-17-12-23(15-20(25)22-18-10-6-3-7-11-18)14-19(17)21(24)16-8-4-2-5-9-16/h2,4-5,8-9,17-19,21H,3,6-7,10-15H2,1H3,(H,22,25)/t17-,19-,21+/m1/s1. The summed E-state index contributed by atoms with van der Waals surface area (Å²) in [7, 11) is -3.27. The van der Waals surface area contributed by atoms with Crippen molar-refractivity contribution in [1.82, 2.24) is 14.5 Å². The minimum Gasteiger partial charge on any atom is -0.352 e. The van der Waals surface area contributed by atoms with Crippen LogP contribution in [0.25, 0.3) is 0 Å². The van der Waals surface area contributed by atoms with Gasteiger partial charge in [0.2, 0.25) is 15.9 Å². The van der Waals surface area contributed by atoms with Crippen LogP contribution in [-0.4, -0.2) is 62.0 Å². The van der Waals surface area contributed by atoms with E-state index in [1.54, 1.807) is 4.31 Å². The Hall–Kier alpha value is -1.44. The van der Waals surface area contributed by atoms with Gasteiger partial charge in [-0.2, -0.15) is 4.31 Å². The molecule has 0 radical (unpaired) electrons. The van der Waals surface area contributed by atoms with Gasteiger partial charge in [-0.3, -0.25) is 9.69 Å². The monoisotopic (exact) mass is 405 g/mol. The van der Waals surface area contributed by atoms with Crippen LogP contribution in [0.3, 0.4) is 0 Å². The number of likely N-dealkylation sites (tertiary alicyclic amines) is 1. The summed E-state index contributed by atoms with van der Waals surface area (Å²) in [6.07, 6.45) is 7.18. The minimum atomic E-state index is -3.27. The molecule has 2 saturated heterocycles. The number of benzene rings is 1. The summed E-state index contributed by atoms with van der Waals surface area (Å²) >= 11 is 0. The highest BCUT2D eigenvalue weighted by atomic mass is 32.2. The summed E-state index contributed by atoms with van der Waals surface area (Å²) < 4.78 is 26.4. The molecule has 3 atom stereocenters. The minimum absolute atomic E-state index is 0.114. The molecule has 0 unspecified atom stereocenters. The Morgan fingerprint density at radius 2 is 1.79 bits per heavy atom. The van der Waals surface area contributed by atoms with Gasteiger partial charge in [0.25, 0.3) is 0 Å². The van der Waals surface area contributed by atoms with Crippen LogP contribution in [0.4, 0.5) is 0 Å². The molecule has 1 saturated carbocycles. The Morgan fingerprint density at radius 1 is 1.07 bits per heavy atom. The van der Waals surface area contributed by atoms with Crippen molar-refractivity contribution >= 4 is 15.9 Å². The summed E-state index contributed by atoms with van der Waals surface area (Å²) in [4.78, 5) is 14.7. The number of nitrogens with zero attached hydrogens (tertiary/aromatic N) is 2. The Bertz CT molecular complexity index is 792. The maximum Gasteiger partial charge on any atom is 0.234 e. The maximum absolute atomic E-state index is 12.5. The summed E-state index contributed by atoms with van der Waals surface area (Å²) in [5.41, 5.74) is 1.05. The molecule has 0 bridgehead atoms. The molecule has 7 heteroatoms. The molecule has 3 aliphatic rings. The zero-order valence-corrected chi connectivity index (χ0v) is 17.4. The topological polar surface area (TPSA) is 69.7 Å². The number of carbonyl (C=O) groups is 1. The van der Waals surface area contributed by atoms with Crippen LogP contribution in [-0.2, 0) is 14.8 Å². The van der Waals surface area contributed by atoms with Gasteiger partial charge in [0.15, 0.2) is 0 Å². The third-order valence-electron chi connectivity index (χ3n) is 6.60. The Morgan fingerprint density at radius 3 is 2.46 bits per heavy atom. The van der Waals surface area contributed by atoms with Crippen LogP contribution in [0, 0.1) is 11.8 Å². The number of carbonyl (C=O) groups excluding carboxylic acids is 1. The molecule has 2 aliphatic heterocycles. The normalized spacial score (nSPS) is 29.7. The molecule has 1 N–H and O–H groups in total. The van der Waals surface area contributed by atoms with Crippen molar-refractivity contribution in [3.05, 3.63) is 35.9 Å². The molecule has 1 amide bonds. The molecular weight excluding hydrogens is 374 g/mol. The molecule has 4 rings (SSSR count). The first-order valence-electron chi connectivity index (χ1n) is 10.5. The molecule has 1 aromatic carbocycles. The number of amides is 1.